The van der Waals surface area contributed by atoms with Crippen LogP contribution in [-0.4, -0.2) is 38.1 Å². The standard InChI is InChI=1S/C17H18ClN5O/c18-13-3-1-11(2-4-13)15(24)12-5-7-23(8-6-12)17-14-16(20-9-19-14)21-10-22-17/h1-4,9-10,12,15,24H,5-8H2,(H,19,20,21,22)/t15-/m1/s1. The number of nitrogens with zero attached hydrogens (tertiary/aromatic N) is 4. The maximum Gasteiger partial charge on any atom is 0.182 e. The van der Waals surface area contributed by atoms with Gasteiger partial charge in [-0.05, 0) is 36.5 Å². The van der Waals surface area contributed by atoms with E-state index in [2.05, 4.69) is 24.8 Å². The van der Waals surface area contributed by atoms with Crippen molar-refractivity contribution in [2.24, 2.45) is 5.92 Å². The molecule has 1 aliphatic rings. The average molecular weight is 344 g/mol. The van der Waals surface area contributed by atoms with E-state index in [1.165, 1.54) is 0 Å². The van der Waals surface area contributed by atoms with Crippen LogP contribution in [0.25, 0.3) is 11.2 Å². The molecule has 0 bridgehead atoms. The van der Waals surface area contributed by atoms with Gasteiger partial charge in [-0.2, -0.15) is 0 Å². The monoisotopic (exact) mass is 343 g/mol. The Balaban J connectivity index is 1.47. The van der Waals surface area contributed by atoms with E-state index in [9.17, 15) is 5.11 Å². The number of H-pyrrole nitrogens is 1. The first-order valence-electron chi connectivity index (χ1n) is 8.05. The number of fused-ring (bicyclic) bond motifs is 1. The fourth-order valence-electron chi connectivity index (χ4n) is 3.35. The fourth-order valence-corrected chi connectivity index (χ4v) is 3.48. The van der Waals surface area contributed by atoms with E-state index in [1.807, 2.05) is 24.3 Å². The minimum atomic E-state index is -0.456. The predicted octanol–water partition coefficient (Wildman–Crippen LogP) is 2.96. The molecule has 1 aromatic carbocycles. The predicted molar refractivity (Wildman–Crippen MR) is 93.0 cm³/mol. The van der Waals surface area contributed by atoms with Crippen LogP contribution in [0.5, 0.6) is 0 Å². The van der Waals surface area contributed by atoms with Crippen LogP contribution in [0.3, 0.4) is 0 Å². The van der Waals surface area contributed by atoms with Crippen molar-refractivity contribution in [3.05, 3.63) is 47.5 Å². The fraction of sp³-hybridized carbons (Fsp3) is 0.353. The molecular weight excluding hydrogens is 326 g/mol. The third-order valence-corrected chi connectivity index (χ3v) is 4.95. The molecule has 124 valence electrons. The Morgan fingerprint density at radius 1 is 1.12 bits per heavy atom. The Bertz CT molecular complexity index is 826. The summed E-state index contributed by atoms with van der Waals surface area (Å²) < 4.78 is 0. The summed E-state index contributed by atoms with van der Waals surface area (Å²) in [4.78, 5) is 18.1. The number of rotatable bonds is 3. The van der Waals surface area contributed by atoms with E-state index in [-0.39, 0.29) is 5.92 Å². The lowest BCUT2D eigenvalue weighted by Crippen LogP contribution is -2.36. The molecule has 1 aliphatic heterocycles. The minimum absolute atomic E-state index is 0.238. The molecule has 0 aliphatic carbocycles. The van der Waals surface area contributed by atoms with Gasteiger partial charge in [0.2, 0.25) is 0 Å². The Kier molecular flexibility index (Phi) is 4.08. The largest absolute Gasteiger partial charge is 0.388 e. The van der Waals surface area contributed by atoms with Crippen LogP contribution in [-0.2, 0) is 0 Å². The quantitative estimate of drug-likeness (QED) is 0.764. The second-order valence-corrected chi connectivity index (χ2v) is 6.56. The zero-order valence-electron chi connectivity index (χ0n) is 13.1. The van der Waals surface area contributed by atoms with E-state index >= 15 is 0 Å². The minimum Gasteiger partial charge on any atom is -0.388 e. The molecule has 2 aromatic heterocycles. The molecule has 6 nitrogen and oxygen atoms in total. The maximum atomic E-state index is 10.6. The van der Waals surface area contributed by atoms with Crippen LogP contribution < -0.4 is 4.90 Å². The van der Waals surface area contributed by atoms with Crippen molar-refractivity contribution in [2.45, 2.75) is 18.9 Å². The van der Waals surface area contributed by atoms with Crippen LogP contribution in [0.15, 0.2) is 36.9 Å². The lowest BCUT2D eigenvalue weighted by atomic mass is 9.87. The Morgan fingerprint density at radius 3 is 2.62 bits per heavy atom. The molecule has 1 fully saturated rings. The van der Waals surface area contributed by atoms with Gasteiger partial charge >= 0.3 is 0 Å². The van der Waals surface area contributed by atoms with Crippen molar-refractivity contribution in [3.8, 4) is 0 Å². The molecule has 0 radical (unpaired) electrons. The van der Waals surface area contributed by atoms with E-state index in [0.29, 0.717) is 10.7 Å². The van der Waals surface area contributed by atoms with E-state index < -0.39 is 6.10 Å². The van der Waals surface area contributed by atoms with Crippen LogP contribution in [0.2, 0.25) is 5.02 Å². The van der Waals surface area contributed by atoms with Gasteiger partial charge in [-0.3, -0.25) is 0 Å². The summed E-state index contributed by atoms with van der Waals surface area (Å²) in [5.74, 6) is 1.12. The number of halogens is 1. The molecule has 1 saturated heterocycles. The van der Waals surface area contributed by atoms with Crippen molar-refractivity contribution in [1.29, 1.82) is 0 Å². The summed E-state index contributed by atoms with van der Waals surface area (Å²) in [6.45, 7) is 1.70. The number of aliphatic hydroxyl groups is 1. The summed E-state index contributed by atoms with van der Waals surface area (Å²) in [6.07, 6.45) is 4.54. The van der Waals surface area contributed by atoms with E-state index in [1.54, 1.807) is 12.7 Å². The second-order valence-electron chi connectivity index (χ2n) is 6.12. The SMILES string of the molecule is O[C@H](c1ccc(Cl)cc1)C1CCN(c2ncnc3nc[nH]c23)CC1. The first-order valence-corrected chi connectivity index (χ1v) is 8.43. The number of piperidine rings is 1. The maximum absolute atomic E-state index is 10.6. The zero-order chi connectivity index (χ0) is 16.5. The van der Waals surface area contributed by atoms with Gasteiger partial charge in [-0.25, -0.2) is 15.0 Å². The smallest absolute Gasteiger partial charge is 0.182 e. The van der Waals surface area contributed by atoms with Gasteiger partial charge < -0.3 is 15.0 Å². The Hall–Kier alpha value is -2.18. The van der Waals surface area contributed by atoms with Gasteiger partial charge in [0.25, 0.3) is 0 Å². The molecule has 3 heterocycles. The van der Waals surface area contributed by atoms with Crippen LogP contribution in [0.4, 0.5) is 5.82 Å². The number of aliphatic hydroxyl groups excluding tert-OH is 1. The van der Waals surface area contributed by atoms with Crippen LogP contribution >= 0.6 is 11.6 Å². The van der Waals surface area contributed by atoms with Gasteiger partial charge in [0, 0.05) is 18.1 Å². The lowest BCUT2D eigenvalue weighted by molar-refractivity contribution is 0.0929. The summed E-state index contributed by atoms with van der Waals surface area (Å²) in [7, 11) is 0. The molecule has 7 heteroatoms. The number of aromatic nitrogens is 4. The number of benzene rings is 1. The van der Waals surface area contributed by atoms with Gasteiger partial charge in [0.15, 0.2) is 11.5 Å². The summed E-state index contributed by atoms with van der Waals surface area (Å²) in [5.41, 5.74) is 2.48. The highest BCUT2D eigenvalue weighted by Gasteiger charge is 2.27. The normalized spacial score (nSPS) is 17.3. The molecule has 4 rings (SSSR count). The van der Waals surface area contributed by atoms with Crippen molar-refractivity contribution >= 4 is 28.6 Å². The van der Waals surface area contributed by atoms with Crippen LogP contribution in [0, 0.1) is 5.92 Å². The van der Waals surface area contributed by atoms with Gasteiger partial charge in [0.1, 0.15) is 11.8 Å². The topological polar surface area (TPSA) is 77.9 Å². The number of hydrogen-bond acceptors (Lipinski definition) is 5. The first kappa shape index (κ1) is 15.4. The Morgan fingerprint density at radius 2 is 1.88 bits per heavy atom. The molecule has 0 unspecified atom stereocenters. The molecule has 0 saturated carbocycles. The summed E-state index contributed by atoms with van der Waals surface area (Å²) >= 11 is 5.92. The van der Waals surface area contributed by atoms with E-state index in [4.69, 9.17) is 11.6 Å². The molecule has 2 N–H and O–H groups in total. The highest BCUT2D eigenvalue weighted by molar-refractivity contribution is 6.30. The van der Waals surface area contributed by atoms with Gasteiger partial charge in [-0.1, -0.05) is 23.7 Å². The third kappa shape index (κ3) is 2.83. The van der Waals surface area contributed by atoms with E-state index in [0.717, 1.165) is 42.8 Å². The van der Waals surface area contributed by atoms with Crippen molar-refractivity contribution in [1.82, 2.24) is 19.9 Å². The molecule has 24 heavy (non-hydrogen) atoms. The van der Waals surface area contributed by atoms with Crippen molar-refractivity contribution in [3.63, 3.8) is 0 Å². The van der Waals surface area contributed by atoms with Gasteiger partial charge in [0.05, 0.1) is 12.4 Å². The second kappa shape index (κ2) is 6.37. The molecular formula is C17H18ClN5O. The summed E-state index contributed by atoms with van der Waals surface area (Å²) in [6, 6.07) is 7.45. The average Bonchev–Trinajstić information content (AvgIpc) is 3.11. The third-order valence-electron chi connectivity index (χ3n) is 4.70. The van der Waals surface area contributed by atoms with Crippen molar-refractivity contribution in [2.75, 3.05) is 18.0 Å². The van der Waals surface area contributed by atoms with Gasteiger partial charge in [-0.15, -0.1) is 0 Å². The molecule has 1 atom stereocenters. The molecule has 0 spiro atoms. The number of nitrogens with one attached hydrogen (secondary N) is 1. The zero-order valence-corrected chi connectivity index (χ0v) is 13.8. The van der Waals surface area contributed by atoms with Crippen molar-refractivity contribution < 1.29 is 5.11 Å². The highest BCUT2D eigenvalue weighted by Crippen LogP contribution is 2.33. The lowest BCUT2D eigenvalue weighted by Gasteiger charge is -2.35. The number of hydrogen-bond donors (Lipinski definition) is 2. The summed E-state index contributed by atoms with van der Waals surface area (Å²) in [5, 5.41) is 11.3. The molecule has 0 amide bonds. The first-order chi connectivity index (χ1) is 11.7. The number of anilines is 1. The highest BCUT2D eigenvalue weighted by atomic mass is 35.5. The Labute approximate surface area is 144 Å². The number of aromatic amines is 1. The number of imidazole rings is 1. The molecule has 3 aromatic rings. The van der Waals surface area contributed by atoms with Crippen LogP contribution in [0.1, 0.15) is 24.5 Å².